The largest absolute Gasteiger partial charge is 0.507 e. The van der Waals surface area contributed by atoms with E-state index in [2.05, 4.69) is 10.2 Å². The molecule has 0 aliphatic rings. The van der Waals surface area contributed by atoms with Crippen molar-refractivity contribution in [3.63, 3.8) is 0 Å². The lowest BCUT2D eigenvalue weighted by Crippen LogP contribution is -1.96. The van der Waals surface area contributed by atoms with E-state index in [4.69, 9.17) is 4.55 Å². The van der Waals surface area contributed by atoms with Gasteiger partial charge < -0.3 is 5.11 Å². The van der Waals surface area contributed by atoms with Crippen LogP contribution in [0.1, 0.15) is 10.4 Å². The minimum Gasteiger partial charge on any atom is -0.507 e. The molecule has 8 heteroatoms. The van der Waals surface area contributed by atoms with Gasteiger partial charge in [-0.05, 0) is 30.3 Å². The minimum atomic E-state index is -4.27. The number of hydrogen-bond donors (Lipinski definition) is 2. The molecule has 3 aromatic rings. The van der Waals surface area contributed by atoms with Crippen LogP contribution in [-0.4, -0.2) is 24.4 Å². The van der Waals surface area contributed by atoms with Gasteiger partial charge in [0.1, 0.15) is 5.75 Å². The highest BCUT2D eigenvalue weighted by Gasteiger charge is 2.11. The Morgan fingerprint density at radius 1 is 0.920 bits per heavy atom. The summed E-state index contributed by atoms with van der Waals surface area (Å²) in [5.74, 6) is -0.123. The van der Waals surface area contributed by atoms with Crippen molar-refractivity contribution in [2.24, 2.45) is 10.2 Å². The van der Waals surface area contributed by atoms with Crippen molar-refractivity contribution in [2.75, 3.05) is 0 Å². The molecule has 3 aromatic carbocycles. The molecule has 126 valence electrons. The van der Waals surface area contributed by atoms with Crippen molar-refractivity contribution in [3.05, 3.63) is 60.2 Å². The number of phenols is 1. The second kappa shape index (κ2) is 6.42. The van der Waals surface area contributed by atoms with Gasteiger partial charge in [-0.1, -0.05) is 24.3 Å². The van der Waals surface area contributed by atoms with E-state index in [1.54, 1.807) is 24.3 Å². The van der Waals surface area contributed by atoms with Gasteiger partial charge in [-0.3, -0.25) is 9.35 Å². The molecule has 2 N–H and O–H groups in total. The predicted molar refractivity (Wildman–Crippen MR) is 91.4 cm³/mol. The van der Waals surface area contributed by atoms with Gasteiger partial charge in [-0.2, -0.15) is 13.5 Å². The van der Waals surface area contributed by atoms with E-state index >= 15 is 0 Å². The molecule has 3 rings (SSSR count). The van der Waals surface area contributed by atoms with Crippen LogP contribution in [0.5, 0.6) is 5.75 Å². The number of aromatic hydroxyl groups is 1. The van der Waals surface area contributed by atoms with Gasteiger partial charge in [-0.15, -0.1) is 5.11 Å². The summed E-state index contributed by atoms with van der Waals surface area (Å²) in [6, 6.07) is 13.5. The first-order valence-electron chi connectivity index (χ1n) is 7.09. The third kappa shape index (κ3) is 3.39. The molecule has 25 heavy (non-hydrogen) atoms. The van der Waals surface area contributed by atoms with Crippen LogP contribution in [0.15, 0.2) is 69.7 Å². The maximum absolute atomic E-state index is 11.1. The molecule has 0 heterocycles. The lowest BCUT2D eigenvalue weighted by atomic mass is 10.0. The van der Waals surface area contributed by atoms with Gasteiger partial charge in [0.2, 0.25) is 0 Å². The zero-order valence-electron chi connectivity index (χ0n) is 12.7. The number of fused-ring (bicyclic) bond motifs is 1. The number of benzene rings is 3. The first kappa shape index (κ1) is 16.7. The highest BCUT2D eigenvalue weighted by Crippen LogP contribution is 2.36. The smallest absolute Gasteiger partial charge is 0.294 e. The maximum Gasteiger partial charge on any atom is 0.294 e. The molecule has 0 aliphatic carbocycles. The summed E-state index contributed by atoms with van der Waals surface area (Å²) in [6.07, 6.45) is 0.529. The molecule has 0 fully saturated rings. The molecule has 0 atom stereocenters. The van der Waals surface area contributed by atoms with E-state index in [-0.39, 0.29) is 16.2 Å². The van der Waals surface area contributed by atoms with E-state index in [0.29, 0.717) is 28.4 Å². The van der Waals surface area contributed by atoms with Gasteiger partial charge in [0.25, 0.3) is 10.1 Å². The normalized spacial score (nSPS) is 11.9. The number of azo groups is 1. The molecular weight excluding hydrogens is 344 g/mol. The van der Waals surface area contributed by atoms with Crippen LogP contribution in [0.3, 0.4) is 0 Å². The molecule has 0 amide bonds. The van der Waals surface area contributed by atoms with Crippen LogP contribution in [0.4, 0.5) is 11.4 Å². The summed E-state index contributed by atoms with van der Waals surface area (Å²) in [5, 5.41) is 19.3. The van der Waals surface area contributed by atoms with Gasteiger partial charge in [-0.25, -0.2) is 0 Å². The van der Waals surface area contributed by atoms with E-state index in [9.17, 15) is 18.3 Å². The lowest BCUT2D eigenvalue weighted by molar-refractivity contribution is 0.112. The average Bonchev–Trinajstić information content (AvgIpc) is 2.61. The van der Waals surface area contributed by atoms with Crippen LogP contribution in [0.25, 0.3) is 10.8 Å². The Labute approximate surface area is 143 Å². The maximum atomic E-state index is 11.1. The summed E-state index contributed by atoms with van der Waals surface area (Å²) in [4.78, 5) is 10.9. The molecule has 0 saturated carbocycles. The van der Waals surface area contributed by atoms with Gasteiger partial charge in [0.05, 0.1) is 21.8 Å². The lowest BCUT2D eigenvalue weighted by Gasteiger charge is -2.06. The zero-order chi connectivity index (χ0) is 18.0. The Bertz CT molecular complexity index is 1090. The molecular formula is C17H12N2O5S. The SMILES string of the molecule is O=Cc1cc(N=Nc2ccc(S(=O)(=O)O)cc2)c2ccccc2c1O. The van der Waals surface area contributed by atoms with Crippen molar-refractivity contribution in [1.82, 2.24) is 0 Å². The third-order valence-electron chi connectivity index (χ3n) is 3.56. The van der Waals surface area contributed by atoms with Crippen LogP contribution >= 0.6 is 0 Å². The minimum absolute atomic E-state index is 0.0920. The first-order chi connectivity index (χ1) is 11.9. The van der Waals surface area contributed by atoms with E-state index in [1.165, 1.54) is 30.3 Å². The summed E-state index contributed by atoms with van der Waals surface area (Å²) >= 11 is 0. The van der Waals surface area contributed by atoms with Crippen LogP contribution < -0.4 is 0 Å². The molecule has 7 nitrogen and oxygen atoms in total. The van der Waals surface area contributed by atoms with E-state index in [0.717, 1.165) is 0 Å². The van der Waals surface area contributed by atoms with Crippen LogP contribution in [0, 0.1) is 0 Å². The van der Waals surface area contributed by atoms with Crippen molar-refractivity contribution in [1.29, 1.82) is 0 Å². The fraction of sp³-hybridized carbons (Fsp3) is 0. The van der Waals surface area contributed by atoms with Crippen molar-refractivity contribution >= 4 is 38.6 Å². The average molecular weight is 356 g/mol. The van der Waals surface area contributed by atoms with Gasteiger partial charge in [0, 0.05) is 10.8 Å². The van der Waals surface area contributed by atoms with Crippen molar-refractivity contribution in [3.8, 4) is 5.75 Å². The highest BCUT2D eigenvalue weighted by molar-refractivity contribution is 7.85. The Hall–Kier alpha value is -3.10. The Morgan fingerprint density at radius 2 is 1.56 bits per heavy atom. The first-order valence-corrected chi connectivity index (χ1v) is 8.53. The molecule has 0 radical (unpaired) electrons. The van der Waals surface area contributed by atoms with Gasteiger partial charge in [0.15, 0.2) is 6.29 Å². The Morgan fingerprint density at radius 3 is 2.16 bits per heavy atom. The number of nitrogens with zero attached hydrogens (tertiary/aromatic N) is 2. The third-order valence-corrected chi connectivity index (χ3v) is 4.43. The second-order valence-corrected chi connectivity index (χ2v) is 6.59. The predicted octanol–water partition coefficient (Wildman–Crippen LogP) is 4.02. The summed E-state index contributed by atoms with van der Waals surface area (Å²) in [6.45, 7) is 0. The Balaban J connectivity index is 2.04. The number of carbonyl (C=O) groups is 1. The summed E-state index contributed by atoms with van der Waals surface area (Å²) in [7, 11) is -4.27. The monoisotopic (exact) mass is 356 g/mol. The standard InChI is InChI=1S/C17H12N2O5S/c20-10-11-9-16(14-3-1-2-4-15(14)17(11)21)19-18-12-5-7-13(8-6-12)25(22,23)24/h1-10,21H,(H,22,23,24). The van der Waals surface area contributed by atoms with Crippen molar-refractivity contribution in [2.45, 2.75) is 4.90 Å². The van der Waals surface area contributed by atoms with Gasteiger partial charge >= 0.3 is 0 Å². The number of phenolic OH excluding ortho intramolecular Hbond substituents is 1. The summed E-state index contributed by atoms with van der Waals surface area (Å²) < 4.78 is 31.0. The number of carbonyl (C=O) groups excluding carboxylic acids is 1. The molecule has 0 unspecified atom stereocenters. The number of aldehydes is 1. The molecule has 0 aliphatic heterocycles. The van der Waals surface area contributed by atoms with Crippen LogP contribution in [-0.2, 0) is 10.1 Å². The van der Waals surface area contributed by atoms with Crippen LogP contribution in [0.2, 0.25) is 0 Å². The zero-order valence-corrected chi connectivity index (χ0v) is 13.5. The fourth-order valence-corrected chi connectivity index (χ4v) is 2.81. The molecule has 0 saturated heterocycles. The molecule has 0 spiro atoms. The number of hydrogen-bond acceptors (Lipinski definition) is 6. The molecule has 0 aromatic heterocycles. The van der Waals surface area contributed by atoms with E-state index < -0.39 is 10.1 Å². The number of rotatable bonds is 4. The van der Waals surface area contributed by atoms with E-state index in [1.807, 2.05) is 0 Å². The second-order valence-electron chi connectivity index (χ2n) is 5.17. The Kier molecular flexibility index (Phi) is 4.30. The quantitative estimate of drug-likeness (QED) is 0.416. The highest BCUT2D eigenvalue weighted by atomic mass is 32.2. The van der Waals surface area contributed by atoms with Crippen molar-refractivity contribution < 1.29 is 22.9 Å². The molecule has 0 bridgehead atoms. The fourth-order valence-electron chi connectivity index (χ4n) is 2.33. The summed E-state index contributed by atoms with van der Waals surface area (Å²) in [5.41, 5.74) is 0.834. The topological polar surface area (TPSA) is 116 Å².